The first-order valence-electron chi connectivity index (χ1n) is 11.6. The van der Waals surface area contributed by atoms with Gasteiger partial charge < -0.3 is 10.2 Å². The van der Waals surface area contributed by atoms with Crippen LogP contribution in [0.25, 0.3) is 0 Å². The van der Waals surface area contributed by atoms with Gasteiger partial charge in [0.25, 0.3) is 0 Å². The van der Waals surface area contributed by atoms with Crippen molar-refractivity contribution in [1.82, 2.24) is 0 Å². The molecule has 0 spiro atoms. The lowest BCUT2D eigenvalue weighted by Crippen LogP contribution is -2.10. The van der Waals surface area contributed by atoms with Crippen molar-refractivity contribution in [3.05, 3.63) is 82.0 Å². The first-order valence-corrected chi connectivity index (χ1v) is 11.6. The highest BCUT2D eigenvalue weighted by Gasteiger charge is 2.22. The summed E-state index contributed by atoms with van der Waals surface area (Å²) in [6.07, 6.45) is 13.6. The molecule has 2 aromatic carbocycles. The Kier molecular flexibility index (Phi) is 6.32. The topological polar surface area (TPSA) is 40.5 Å². The average molecular weight is 403 g/mol. The standard InChI is InChI=1S/C28H34O2/c1-3-19-17-25(13-15-27(19)29)23-9-5-21(6-10-23)22-7-11-24(12-8-22)26-14-16-28(30)20(4-2)18-26/h5,7,13-18,23-24,29-30H,3-4,6,8-12H2,1-2H3. The predicted molar refractivity (Wildman–Crippen MR) is 124 cm³/mol. The third-order valence-electron chi connectivity index (χ3n) is 7.15. The van der Waals surface area contributed by atoms with E-state index in [2.05, 4.69) is 50.3 Å². The van der Waals surface area contributed by atoms with Crippen LogP contribution in [0.3, 0.4) is 0 Å². The molecule has 30 heavy (non-hydrogen) atoms. The number of rotatable bonds is 5. The van der Waals surface area contributed by atoms with Crippen LogP contribution in [0, 0.1) is 0 Å². The molecular weight excluding hydrogens is 368 g/mol. The molecule has 2 heteroatoms. The normalized spacial score (nSPS) is 21.8. The Hall–Kier alpha value is -2.48. The molecule has 0 radical (unpaired) electrons. The summed E-state index contributed by atoms with van der Waals surface area (Å²) in [5.74, 6) is 1.99. The first kappa shape index (κ1) is 20.8. The molecule has 158 valence electrons. The van der Waals surface area contributed by atoms with E-state index in [4.69, 9.17) is 0 Å². The SMILES string of the molecule is CCc1cc(C2CC=C(C3=CCC(c4ccc(O)c(CC)c4)CC3)CC2)ccc1O. The van der Waals surface area contributed by atoms with Crippen LogP contribution in [-0.2, 0) is 12.8 Å². The molecule has 2 N–H and O–H groups in total. The molecule has 2 aliphatic carbocycles. The lowest BCUT2D eigenvalue weighted by atomic mass is 9.77. The molecular formula is C28H34O2. The summed E-state index contributed by atoms with van der Waals surface area (Å²) in [5, 5.41) is 19.9. The number of aryl methyl sites for hydroxylation is 2. The number of benzene rings is 2. The van der Waals surface area contributed by atoms with Gasteiger partial charge in [-0.2, -0.15) is 0 Å². The van der Waals surface area contributed by atoms with Crippen molar-refractivity contribution in [2.24, 2.45) is 0 Å². The predicted octanol–water partition coefficient (Wildman–Crippen LogP) is 7.31. The van der Waals surface area contributed by atoms with E-state index >= 15 is 0 Å². The Balaban J connectivity index is 1.41. The number of hydrogen-bond acceptors (Lipinski definition) is 2. The van der Waals surface area contributed by atoms with Crippen LogP contribution in [0.5, 0.6) is 11.5 Å². The smallest absolute Gasteiger partial charge is 0.118 e. The van der Waals surface area contributed by atoms with E-state index in [1.807, 2.05) is 12.1 Å². The number of phenolic OH excluding ortho intramolecular Hbond substituents is 2. The largest absolute Gasteiger partial charge is 0.508 e. The van der Waals surface area contributed by atoms with Gasteiger partial charge in [-0.1, -0.05) is 50.3 Å². The summed E-state index contributed by atoms with van der Waals surface area (Å²) in [4.78, 5) is 0. The maximum absolute atomic E-state index is 9.96. The molecule has 0 aromatic heterocycles. The Morgan fingerprint density at radius 3 is 1.47 bits per heavy atom. The van der Waals surface area contributed by atoms with Crippen molar-refractivity contribution in [3.63, 3.8) is 0 Å². The second-order valence-corrected chi connectivity index (χ2v) is 8.88. The van der Waals surface area contributed by atoms with Gasteiger partial charge in [0.15, 0.2) is 0 Å². The Morgan fingerprint density at radius 2 is 1.13 bits per heavy atom. The molecule has 2 atom stereocenters. The summed E-state index contributed by atoms with van der Waals surface area (Å²) in [5.41, 5.74) is 7.97. The number of phenols is 2. The monoisotopic (exact) mass is 402 g/mol. The average Bonchev–Trinajstić information content (AvgIpc) is 2.80. The second kappa shape index (κ2) is 9.12. The van der Waals surface area contributed by atoms with E-state index in [0.29, 0.717) is 23.3 Å². The van der Waals surface area contributed by atoms with E-state index in [9.17, 15) is 10.2 Å². The van der Waals surface area contributed by atoms with Crippen LogP contribution < -0.4 is 0 Å². The third kappa shape index (κ3) is 4.33. The lowest BCUT2D eigenvalue weighted by molar-refractivity contribution is 0.467. The van der Waals surface area contributed by atoms with Crippen LogP contribution >= 0.6 is 0 Å². The van der Waals surface area contributed by atoms with Gasteiger partial charge in [-0.3, -0.25) is 0 Å². The van der Waals surface area contributed by atoms with Gasteiger partial charge in [0.1, 0.15) is 11.5 Å². The van der Waals surface area contributed by atoms with E-state index in [-0.39, 0.29) is 0 Å². The van der Waals surface area contributed by atoms with Crippen molar-refractivity contribution in [1.29, 1.82) is 0 Å². The zero-order chi connectivity index (χ0) is 21.1. The molecule has 2 nitrogen and oxygen atoms in total. The molecule has 0 heterocycles. The molecule has 0 saturated heterocycles. The first-order chi connectivity index (χ1) is 14.6. The van der Waals surface area contributed by atoms with Crippen LogP contribution in [0.4, 0.5) is 0 Å². The Labute approximate surface area is 181 Å². The maximum atomic E-state index is 9.96. The lowest BCUT2D eigenvalue weighted by Gasteiger charge is -2.28. The van der Waals surface area contributed by atoms with Gasteiger partial charge in [0.2, 0.25) is 0 Å². The van der Waals surface area contributed by atoms with E-state index in [0.717, 1.165) is 49.7 Å². The Morgan fingerprint density at radius 1 is 0.700 bits per heavy atom. The fourth-order valence-corrected chi connectivity index (χ4v) is 5.14. The molecule has 2 unspecified atom stereocenters. The van der Waals surface area contributed by atoms with Gasteiger partial charge >= 0.3 is 0 Å². The summed E-state index contributed by atoms with van der Waals surface area (Å²) in [7, 11) is 0. The van der Waals surface area contributed by atoms with Crippen LogP contribution in [0.1, 0.15) is 86.5 Å². The fourth-order valence-electron chi connectivity index (χ4n) is 5.14. The molecule has 4 rings (SSSR count). The summed E-state index contributed by atoms with van der Waals surface area (Å²) in [6.45, 7) is 4.20. The minimum Gasteiger partial charge on any atom is -0.508 e. The zero-order valence-electron chi connectivity index (χ0n) is 18.3. The van der Waals surface area contributed by atoms with Crippen LogP contribution in [0.2, 0.25) is 0 Å². The maximum Gasteiger partial charge on any atom is 0.118 e. The highest BCUT2D eigenvalue weighted by molar-refractivity contribution is 5.42. The fraction of sp³-hybridized carbons (Fsp3) is 0.429. The van der Waals surface area contributed by atoms with Gasteiger partial charge in [-0.05, 0) is 109 Å². The molecule has 0 bridgehead atoms. The van der Waals surface area contributed by atoms with Gasteiger partial charge in [-0.25, -0.2) is 0 Å². The summed E-state index contributed by atoms with van der Waals surface area (Å²) < 4.78 is 0. The highest BCUT2D eigenvalue weighted by Crippen LogP contribution is 2.41. The quantitative estimate of drug-likeness (QED) is 0.550. The molecule has 2 aromatic rings. The van der Waals surface area contributed by atoms with Crippen molar-refractivity contribution in [2.75, 3.05) is 0 Å². The highest BCUT2D eigenvalue weighted by atomic mass is 16.3. The van der Waals surface area contributed by atoms with Gasteiger partial charge in [0.05, 0.1) is 0 Å². The minimum atomic E-state index is 0.426. The number of hydrogen-bond donors (Lipinski definition) is 2. The van der Waals surface area contributed by atoms with Gasteiger partial charge in [0, 0.05) is 0 Å². The Bertz CT molecular complexity index is 887. The van der Waals surface area contributed by atoms with Crippen molar-refractivity contribution < 1.29 is 10.2 Å². The van der Waals surface area contributed by atoms with Crippen molar-refractivity contribution in [3.8, 4) is 11.5 Å². The molecule has 2 aliphatic rings. The van der Waals surface area contributed by atoms with Crippen molar-refractivity contribution >= 4 is 0 Å². The minimum absolute atomic E-state index is 0.426. The van der Waals surface area contributed by atoms with E-state index < -0.39 is 0 Å². The van der Waals surface area contributed by atoms with Crippen LogP contribution in [-0.4, -0.2) is 10.2 Å². The number of allylic oxidation sites excluding steroid dienone is 4. The van der Waals surface area contributed by atoms with E-state index in [1.54, 1.807) is 11.1 Å². The molecule has 0 saturated carbocycles. The second-order valence-electron chi connectivity index (χ2n) is 8.88. The third-order valence-corrected chi connectivity index (χ3v) is 7.15. The van der Waals surface area contributed by atoms with Gasteiger partial charge in [-0.15, -0.1) is 0 Å². The molecule has 0 aliphatic heterocycles. The summed E-state index contributed by atoms with van der Waals surface area (Å²) >= 11 is 0. The van der Waals surface area contributed by atoms with E-state index in [1.165, 1.54) is 24.0 Å². The zero-order valence-corrected chi connectivity index (χ0v) is 18.3. The number of aromatic hydroxyl groups is 2. The molecule has 0 amide bonds. The van der Waals surface area contributed by atoms with Crippen molar-refractivity contribution in [2.45, 2.75) is 77.0 Å². The molecule has 0 fully saturated rings. The van der Waals surface area contributed by atoms with Crippen LogP contribution in [0.15, 0.2) is 59.7 Å². The summed E-state index contributed by atoms with van der Waals surface area (Å²) in [6, 6.07) is 12.3.